The Morgan fingerprint density at radius 2 is 2.20 bits per heavy atom. The summed E-state index contributed by atoms with van der Waals surface area (Å²) in [5, 5.41) is 3.28. The van der Waals surface area contributed by atoms with Crippen molar-refractivity contribution in [1.29, 1.82) is 0 Å². The van der Waals surface area contributed by atoms with Gasteiger partial charge in [0.15, 0.2) is 0 Å². The van der Waals surface area contributed by atoms with Gasteiger partial charge >= 0.3 is 0 Å². The van der Waals surface area contributed by atoms with Crippen molar-refractivity contribution in [2.75, 3.05) is 38.1 Å². The van der Waals surface area contributed by atoms with Gasteiger partial charge < -0.3 is 10.2 Å². The highest BCUT2D eigenvalue weighted by molar-refractivity contribution is 5.95. The minimum absolute atomic E-state index is 0.193. The highest BCUT2D eigenvalue weighted by atomic mass is 16.2. The normalized spacial score (nSPS) is 19.2. The number of hydrogen-bond donors (Lipinski definition) is 1. The lowest BCUT2D eigenvalue weighted by atomic mass is 10.2. The number of nitrogens with one attached hydrogen (secondary N) is 1. The van der Waals surface area contributed by atoms with Crippen LogP contribution in [0, 0.1) is 6.92 Å². The monoisotopic (exact) mass is 275 g/mol. The van der Waals surface area contributed by atoms with Crippen molar-refractivity contribution in [3.05, 3.63) is 29.8 Å². The molecule has 4 heteroatoms. The molecule has 1 heterocycles. The molecule has 20 heavy (non-hydrogen) atoms. The van der Waals surface area contributed by atoms with Gasteiger partial charge in [-0.1, -0.05) is 18.2 Å². The fraction of sp³-hybridized carbons (Fsp3) is 0.562. The number of likely N-dealkylation sites (tertiary alicyclic amines) is 1. The van der Waals surface area contributed by atoms with Crippen molar-refractivity contribution in [3.8, 4) is 0 Å². The van der Waals surface area contributed by atoms with Gasteiger partial charge in [-0.05, 0) is 38.9 Å². The molecule has 0 bridgehead atoms. The van der Waals surface area contributed by atoms with Crippen LogP contribution in [-0.2, 0) is 4.79 Å². The van der Waals surface area contributed by atoms with E-state index in [1.807, 2.05) is 37.1 Å². The molecule has 1 amide bonds. The summed E-state index contributed by atoms with van der Waals surface area (Å²) in [4.78, 5) is 16.7. The molecule has 1 fully saturated rings. The lowest BCUT2D eigenvalue weighted by Gasteiger charge is -2.25. The maximum absolute atomic E-state index is 12.5. The number of carbonyl (C=O) groups excluding carboxylic acids is 1. The Kier molecular flexibility index (Phi) is 5.15. The molecule has 110 valence electrons. The zero-order valence-corrected chi connectivity index (χ0v) is 12.7. The number of nitrogens with zero attached hydrogens (tertiary/aromatic N) is 2. The second-order valence-corrected chi connectivity index (χ2v) is 5.43. The average Bonchev–Trinajstić information content (AvgIpc) is 2.89. The van der Waals surface area contributed by atoms with Crippen LogP contribution in [0.15, 0.2) is 24.3 Å². The van der Waals surface area contributed by atoms with Gasteiger partial charge in [-0.2, -0.15) is 0 Å². The summed E-state index contributed by atoms with van der Waals surface area (Å²) in [5.41, 5.74) is 2.18. The summed E-state index contributed by atoms with van der Waals surface area (Å²) in [6, 6.07) is 8.60. The van der Waals surface area contributed by atoms with Crippen molar-refractivity contribution in [1.82, 2.24) is 10.2 Å². The largest absolute Gasteiger partial charge is 0.316 e. The van der Waals surface area contributed by atoms with Gasteiger partial charge in [-0.15, -0.1) is 0 Å². The van der Waals surface area contributed by atoms with Gasteiger partial charge in [0.1, 0.15) is 0 Å². The Labute approximate surface area is 121 Å². The van der Waals surface area contributed by atoms with Crippen LogP contribution in [0.4, 0.5) is 5.69 Å². The molecular weight excluding hydrogens is 250 g/mol. The minimum atomic E-state index is 0.193. The number of aryl methyl sites for hydroxylation is 1. The smallest absolute Gasteiger partial charge is 0.241 e. The molecule has 1 aromatic rings. The van der Waals surface area contributed by atoms with Crippen LogP contribution in [0.25, 0.3) is 0 Å². The van der Waals surface area contributed by atoms with Gasteiger partial charge in [0.2, 0.25) is 5.91 Å². The van der Waals surface area contributed by atoms with E-state index >= 15 is 0 Å². The number of para-hydroxylation sites is 1. The van der Waals surface area contributed by atoms with Gasteiger partial charge in [-0.25, -0.2) is 0 Å². The van der Waals surface area contributed by atoms with E-state index in [1.165, 1.54) is 0 Å². The van der Waals surface area contributed by atoms with E-state index in [1.54, 1.807) is 0 Å². The summed E-state index contributed by atoms with van der Waals surface area (Å²) in [6.07, 6.45) is 1.13. The Balaban J connectivity index is 2.01. The van der Waals surface area contributed by atoms with Gasteiger partial charge in [0, 0.05) is 31.4 Å². The molecular formula is C16H25N3O. The number of carbonyl (C=O) groups is 1. The van der Waals surface area contributed by atoms with E-state index in [0.29, 0.717) is 19.1 Å². The third-order valence-electron chi connectivity index (χ3n) is 4.06. The van der Waals surface area contributed by atoms with Crippen LogP contribution in [-0.4, -0.2) is 50.1 Å². The molecule has 1 unspecified atom stereocenters. The van der Waals surface area contributed by atoms with Crippen LogP contribution < -0.4 is 10.2 Å². The minimum Gasteiger partial charge on any atom is -0.316 e. The van der Waals surface area contributed by atoms with E-state index < -0.39 is 0 Å². The van der Waals surface area contributed by atoms with E-state index in [9.17, 15) is 4.79 Å². The second kappa shape index (κ2) is 6.86. The number of benzene rings is 1. The first kappa shape index (κ1) is 15.0. The first-order valence-corrected chi connectivity index (χ1v) is 7.41. The molecule has 4 nitrogen and oxygen atoms in total. The Hall–Kier alpha value is -1.39. The molecule has 0 spiro atoms. The SMILES string of the molecule is CCN(C(=O)CN1CCC(NC)C1)c1ccccc1C. The molecule has 1 saturated heterocycles. The number of rotatable bonds is 5. The zero-order valence-electron chi connectivity index (χ0n) is 12.7. The first-order chi connectivity index (χ1) is 9.65. The van der Waals surface area contributed by atoms with Crippen LogP contribution in [0.5, 0.6) is 0 Å². The fourth-order valence-electron chi connectivity index (χ4n) is 2.84. The molecule has 1 N–H and O–H groups in total. The van der Waals surface area contributed by atoms with Crippen LogP contribution >= 0.6 is 0 Å². The zero-order chi connectivity index (χ0) is 14.5. The van der Waals surface area contributed by atoms with Crippen molar-refractivity contribution in [3.63, 3.8) is 0 Å². The summed E-state index contributed by atoms with van der Waals surface area (Å²) in [7, 11) is 1.99. The third-order valence-corrected chi connectivity index (χ3v) is 4.06. The number of likely N-dealkylation sites (N-methyl/N-ethyl adjacent to an activating group) is 2. The predicted octanol–water partition coefficient (Wildman–Crippen LogP) is 1.64. The average molecular weight is 275 g/mol. The van der Waals surface area contributed by atoms with Crippen molar-refractivity contribution < 1.29 is 4.79 Å². The third kappa shape index (κ3) is 3.38. The second-order valence-electron chi connectivity index (χ2n) is 5.43. The Morgan fingerprint density at radius 3 is 2.80 bits per heavy atom. The summed E-state index contributed by atoms with van der Waals surface area (Å²) in [5.74, 6) is 0.193. The quantitative estimate of drug-likeness (QED) is 0.887. The van der Waals surface area contributed by atoms with Gasteiger partial charge in [0.25, 0.3) is 0 Å². The lowest BCUT2D eigenvalue weighted by Crippen LogP contribution is -2.41. The first-order valence-electron chi connectivity index (χ1n) is 7.41. The van der Waals surface area contributed by atoms with Crippen molar-refractivity contribution in [2.24, 2.45) is 0 Å². The molecule has 0 aliphatic carbocycles. The number of hydrogen-bond acceptors (Lipinski definition) is 3. The van der Waals surface area contributed by atoms with E-state index in [4.69, 9.17) is 0 Å². The number of amides is 1. The fourth-order valence-corrected chi connectivity index (χ4v) is 2.84. The molecule has 1 aromatic carbocycles. The summed E-state index contributed by atoms with van der Waals surface area (Å²) < 4.78 is 0. The Morgan fingerprint density at radius 1 is 1.45 bits per heavy atom. The predicted molar refractivity (Wildman–Crippen MR) is 83.1 cm³/mol. The van der Waals surface area contributed by atoms with E-state index in [2.05, 4.69) is 23.2 Å². The van der Waals surface area contributed by atoms with Crippen LogP contribution in [0.1, 0.15) is 18.9 Å². The summed E-state index contributed by atoms with van der Waals surface area (Å²) in [6.45, 7) is 7.28. The van der Waals surface area contributed by atoms with Crippen molar-refractivity contribution >= 4 is 11.6 Å². The maximum Gasteiger partial charge on any atom is 0.241 e. The molecule has 1 aliphatic rings. The summed E-state index contributed by atoms with van der Waals surface area (Å²) >= 11 is 0. The highest BCUT2D eigenvalue weighted by Crippen LogP contribution is 2.20. The molecule has 0 radical (unpaired) electrons. The van der Waals surface area contributed by atoms with Crippen LogP contribution in [0.2, 0.25) is 0 Å². The molecule has 1 aliphatic heterocycles. The highest BCUT2D eigenvalue weighted by Gasteiger charge is 2.25. The van der Waals surface area contributed by atoms with Gasteiger partial charge in [-0.3, -0.25) is 9.69 Å². The topological polar surface area (TPSA) is 35.6 Å². The maximum atomic E-state index is 12.5. The van der Waals surface area contributed by atoms with Crippen LogP contribution in [0.3, 0.4) is 0 Å². The van der Waals surface area contributed by atoms with Crippen molar-refractivity contribution in [2.45, 2.75) is 26.3 Å². The molecule has 2 rings (SSSR count). The van der Waals surface area contributed by atoms with Gasteiger partial charge in [0.05, 0.1) is 6.54 Å². The van der Waals surface area contributed by atoms with E-state index in [0.717, 1.165) is 30.8 Å². The molecule has 1 atom stereocenters. The number of anilines is 1. The Bertz CT molecular complexity index is 461. The molecule has 0 aromatic heterocycles. The lowest BCUT2D eigenvalue weighted by molar-refractivity contribution is -0.119. The molecule has 0 saturated carbocycles. The standard InChI is InChI=1S/C16H25N3O/c1-4-19(15-8-6-5-7-13(15)2)16(20)12-18-10-9-14(11-18)17-3/h5-8,14,17H,4,9-12H2,1-3H3. The van der Waals surface area contributed by atoms with E-state index in [-0.39, 0.29) is 5.91 Å².